The Morgan fingerprint density at radius 3 is 2.20 bits per heavy atom. The first-order valence-electron chi connectivity index (χ1n) is 1.35. The van der Waals surface area contributed by atoms with Crippen molar-refractivity contribution >= 4 is 15.6 Å². The van der Waals surface area contributed by atoms with Crippen molar-refractivity contribution in [3.05, 3.63) is 0 Å². The van der Waals surface area contributed by atoms with Crippen LogP contribution in [0.4, 0.5) is 0 Å². The van der Waals surface area contributed by atoms with Crippen molar-refractivity contribution in [2.45, 2.75) is 0 Å². The summed E-state index contributed by atoms with van der Waals surface area (Å²) in [4.78, 5) is 0. The standard InChI is InChI=1S/C2H5BOP/c1-5(4)2-3/h2H2,1H3/q+1. The summed E-state index contributed by atoms with van der Waals surface area (Å²) in [6.07, 6.45) is 0. The molecule has 1 atom stereocenters. The molecule has 1 nitrogen and oxygen atoms in total. The summed E-state index contributed by atoms with van der Waals surface area (Å²) in [6, 6.07) is 0.315. The molecule has 0 aliphatic rings. The predicted molar refractivity (Wildman–Crippen MR) is 24.2 cm³/mol. The molecule has 1 unspecified atom stereocenters. The van der Waals surface area contributed by atoms with Crippen molar-refractivity contribution in [2.24, 2.45) is 0 Å². The minimum Gasteiger partial charge on any atom is -0.0761 e. The lowest BCUT2D eigenvalue weighted by Crippen LogP contribution is -1.65. The highest BCUT2D eigenvalue weighted by Crippen LogP contribution is 2.07. The number of hydrogen-bond acceptors (Lipinski definition) is 1. The first-order chi connectivity index (χ1) is 2.27. The van der Waals surface area contributed by atoms with Crippen LogP contribution in [-0.2, 0) is 4.57 Å². The maximum atomic E-state index is 9.84. The molecule has 0 saturated heterocycles. The monoisotopic (exact) mass is 87.0 g/mol. The third-order valence-corrected chi connectivity index (χ3v) is 0.771. The second-order valence-electron chi connectivity index (χ2n) is 0.810. The first-order valence-corrected chi connectivity index (χ1v) is 3.25. The lowest BCUT2D eigenvalue weighted by Gasteiger charge is -1.55. The third kappa shape index (κ3) is 4.16. The van der Waals surface area contributed by atoms with Gasteiger partial charge in [-0.15, -0.1) is 0 Å². The molecule has 2 radical (unpaired) electrons. The molecule has 0 amide bonds. The van der Waals surface area contributed by atoms with Crippen LogP contribution < -0.4 is 0 Å². The summed E-state index contributed by atoms with van der Waals surface area (Å²) in [5.74, 6) is 0. The van der Waals surface area contributed by atoms with E-state index in [0.29, 0.717) is 6.06 Å². The number of hydrogen-bond donors (Lipinski definition) is 0. The van der Waals surface area contributed by atoms with Crippen LogP contribution in [0, 0.1) is 0 Å². The number of rotatable bonds is 1. The van der Waals surface area contributed by atoms with Crippen LogP contribution >= 0.6 is 7.80 Å². The van der Waals surface area contributed by atoms with E-state index >= 15 is 0 Å². The molecule has 0 aliphatic carbocycles. The largest absolute Gasteiger partial charge is 0.325 e. The highest BCUT2D eigenvalue weighted by molar-refractivity contribution is 7.45. The summed E-state index contributed by atoms with van der Waals surface area (Å²) >= 11 is 0. The lowest BCUT2D eigenvalue weighted by atomic mass is 10.2. The summed E-state index contributed by atoms with van der Waals surface area (Å²) in [7, 11) is 3.82. The van der Waals surface area contributed by atoms with Crippen LogP contribution in [0.1, 0.15) is 0 Å². The van der Waals surface area contributed by atoms with Crippen molar-refractivity contribution in [1.29, 1.82) is 0 Å². The highest BCUT2D eigenvalue weighted by atomic mass is 31.1. The molecule has 0 saturated carbocycles. The molecule has 3 heteroatoms. The van der Waals surface area contributed by atoms with Crippen molar-refractivity contribution in [1.82, 2.24) is 0 Å². The van der Waals surface area contributed by atoms with E-state index in [9.17, 15) is 4.57 Å². The van der Waals surface area contributed by atoms with Crippen molar-refractivity contribution in [2.75, 3.05) is 12.7 Å². The van der Waals surface area contributed by atoms with Crippen molar-refractivity contribution < 1.29 is 4.57 Å². The SMILES string of the molecule is [B]C[P+](C)=O. The molecule has 0 N–H and O–H groups in total. The summed E-state index contributed by atoms with van der Waals surface area (Å²) < 4.78 is 9.84. The molecule has 5 heavy (non-hydrogen) atoms. The van der Waals surface area contributed by atoms with Gasteiger partial charge in [-0.05, 0) is 0 Å². The van der Waals surface area contributed by atoms with E-state index in [1.807, 2.05) is 0 Å². The van der Waals surface area contributed by atoms with Gasteiger partial charge in [0.25, 0.3) is 0 Å². The predicted octanol–water partition coefficient (Wildman–Crippen LogP) is 0.570. The summed E-state index contributed by atoms with van der Waals surface area (Å²) in [5, 5.41) is 0. The maximum Gasteiger partial charge on any atom is 0.325 e. The van der Waals surface area contributed by atoms with Crippen molar-refractivity contribution in [3.8, 4) is 0 Å². The quantitative estimate of drug-likeness (QED) is 0.337. The maximum absolute atomic E-state index is 9.84. The fraction of sp³-hybridized carbons (Fsp3) is 1.00. The van der Waals surface area contributed by atoms with E-state index in [0.717, 1.165) is 0 Å². The molecule has 0 heterocycles. The first kappa shape index (κ1) is 5.16. The molecule has 0 fully saturated rings. The van der Waals surface area contributed by atoms with Gasteiger partial charge in [-0.3, -0.25) is 0 Å². The molecule has 26 valence electrons. The molecule has 0 bridgehead atoms. The molecule has 0 aliphatic heterocycles. The Bertz CT molecular complexity index is 44.9. The average molecular weight is 86.8 g/mol. The van der Waals surface area contributed by atoms with E-state index in [4.69, 9.17) is 7.85 Å². The van der Waals surface area contributed by atoms with Gasteiger partial charge >= 0.3 is 7.80 Å². The fourth-order valence-electron chi connectivity index (χ4n) is 0. The summed E-state index contributed by atoms with van der Waals surface area (Å²) in [5.41, 5.74) is 0. The van der Waals surface area contributed by atoms with E-state index in [-0.39, 0.29) is 0 Å². The van der Waals surface area contributed by atoms with Gasteiger partial charge in [-0.1, -0.05) is 4.57 Å². The Kier molecular flexibility index (Phi) is 2.48. The minimum atomic E-state index is -1.07. The molecule has 0 aromatic carbocycles. The molecule has 0 rings (SSSR count). The van der Waals surface area contributed by atoms with Crippen LogP contribution in [-0.4, -0.2) is 20.6 Å². The van der Waals surface area contributed by atoms with Crippen LogP contribution in [0.2, 0.25) is 0 Å². The zero-order valence-corrected chi connectivity index (χ0v) is 4.03. The zero-order valence-electron chi connectivity index (χ0n) is 3.14. The molecular weight excluding hydrogens is 81.8 g/mol. The van der Waals surface area contributed by atoms with Gasteiger partial charge in [0.1, 0.15) is 20.6 Å². The molecule has 0 aromatic heterocycles. The topological polar surface area (TPSA) is 17.1 Å². The Balaban J connectivity index is 2.85. The van der Waals surface area contributed by atoms with Crippen LogP contribution in [0.25, 0.3) is 0 Å². The van der Waals surface area contributed by atoms with Gasteiger partial charge in [0.05, 0.1) is 0 Å². The minimum absolute atomic E-state index is 0.315. The fourth-order valence-corrected chi connectivity index (χ4v) is 0. The third-order valence-electron chi connectivity index (χ3n) is 0.257. The van der Waals surface area contributed by atoms with Crippen LogP contribution in [0.3, 0.4) is 0 Å². The van der Waals surface area contributed by atoms with E-state index in [1.165, 1.54) is 0 Å². The lowest BCUT2D eigenvalue weighted by molar-refractivity contribution is 0.593. The summed E-state index contributed by atoms with van der Waals surface area (Å²) in [6.45, 7) is 1.61. The van der Waals surface area contributed by atoms with E-state index in [1.54, 1.807) is 6.66 Å². The zero-order chi connectivity index (χ0) is 4.28. The van der Waals surface area contributed by atoms with Gasteiger partial charge in [-0.2, -0.15) is 0 Å². The van der Waals surface area contributed by atoms with Crippen LogP contribution in [0.5, 0.6) is 0 Å². The van der Waals surface area contributed by atoms with Gasteiger partial charge in [0.2, 0.25) is 0 Å². The van der Waals surface area contributed by atoms with Gasteiger partial charge in [0.15, 0.2) is 0 Å². The Hall–Kier alpha value is 0.165. The second-order valence-corrected chi connectivity index (χ2v) is 2.43. The van der Waals surface area contributed by atoms with Crippen LogP contribution in [0.15, 0.2) is 0 Å². The highest BCUT2D eigenvalue weighted by Gasteiger charge is 1.93. The Morgan fingerprint density at radius 2 is 2.20 bits per heavy atom. The van der Waals surface area contributed by atoms with Gasteiger partial charge in [-0.25, -0.2) is 0 Å². The average Bonchev–Trinajstić information content (AvgIpc) is 1.38. The second kappa shape index (κ2) is 2.41. The normalized spacial score (nSPS) is 11.0. The van der Waals surface area contributed by atoms with Crippen molar-refractivity contribution in [3.63, 3.8) is 0 Å². The molecule has 0 spiro atoms. The smallest absolute Gasteiger partial charge is 0.0761 e. The van der Waals surface area contributed by atoms with E-state index in [2.05, 4.69) is 0 Å². The van der Waals surface area contributed by atoms with Gasteiger partial charge in [0, 0.05) is 0 Å². The van der Waals surface area contributed by atoms with E-state index < -0.39 is 7.80 Å². The molecule has 0 aromatic rings. The Morgan fingerprint density at radius 1 is 2.00 bits per heavy atom. The Labute approximate surface area is 34.0 Å². The molecular formula is C2H5BOP+. The van der Waals surface area contributed by atoms with Gasteiger partial charge < -0.3 is 0 Å².